The van der Waals surface area contributed by atoms with Crippen LogP contribution in [0.2, 0.25) is 0 Å². The van der Waals surface area contributed by atoms with Gasteiger partial charge in [0.25, 0.3) is 5.56 Å². The predicted molar refractivity (Wildman–Crippen MR) is 89.5 cm³/mol. The van der Waals surface area contributed by atoms with Crippen molar-refractivity contribution in [1.29, 1.82) is 10.5 Å². The number of ether oxygens (including phenoxy) is 1. The van der Waals surface area contributed by atoms with E-state index in [0.29, 0.717) is 12.0 Å². The summed E-state index contributed by atoms with van der Waals surface area (Å²) in [6.45, 7) is 5.90. The Hall–Kier alpha value is -3.25. The van der Waals surface area contributed by atoms with Crippen LogP contribution in [0.1, 0.15) is 36.1 Å². The molecule has 0 atom stereocenters. The molecule has 1 aliphatic rings. The summed E-state index contributed by atoms with van der Waals surface area (Å²) < 4.78 is 5.95. The van der Waals surface area contributed by atoms with Gasteiger partial charge in [-0.1, -0.05) is 0 Å². The fraction of sp³-hybridized carbons (Fsp3) is 0.278. The lowest BCUT2D eigenvalue weighted by Gasteiger charge is -2.17. The number of hydrogen-bond donors (Lipinski definition) is 2. The normalized spacial score (nSPS) is 14.4. The number of nitriles is 2. The number of nitrogens with zero attached hydrogens (tertiary/aromatic N) is 2. The number of aromatic amines is 1. The van der Waals surface area contributed by atoms with Crippen LogP contribution in [0.3, 0.4) is 0 Å². The second kappa shape index (κ2) is 5.14. The number of benzene rings is 1. The molecule has 6 heteroatoms. The molecular weight excluding hydrogens is 304 g/mol. The van der Waals surface area contributed by atoms with Crippen molar-refractivity contribution in [3.8, 4) is 29.0 Å². The molecule has 0 spiro atoms. The first-order valence-electron chi connectivity index (χ1n) is 7.46. The average molecular weight is 320 g/mol. The molecule has 0 saturated carbocycles. The Balaban J connectivity index is 2.34. The zero-order valence-electron chi connectivity index (χ0n) is 13.7. The van der Waals surface area contributed by atoms with Gasteiger partial charge >= 0.3 is 0 Å². The third-order valence-corrected chi connectivity index (χ3v) is 4.10. The predicted octanol–water partition coefficient (Wildman–Crippen LogP) is 2.39. The van der Waals surface area contributed by atoms with Crippen molar-refractivity contribution in [2.75, 3.05) is 5.73 Å². The summed E-state index contributed by atoms with van der Waals surface area (Å²) in [6, 6.07) is 7.56. The molecule has 0 amide bonds. The molecular formula is C18H16N4O2. The Morgan fingerprint density at radius 2 is 1.92 bits per heavy atom. The highest BCUT2D eigenvalue weighted by atomic mass is 16.5. The Labute approximate surface area is 139 Å². The van der Waals surface area contributed by atoms with Crippen LogP contribution in [-0.2, 0) is 6.42 Å². The summed E-state index contributed by atoms with van der Waals surface area (Å²) in [7, 11) is 0. The summed E-state index contributed by atoms with van der Waals surface area (Å²) in [5.74, 6) is 0.782. The number of rotatable bonds is 1. The summed E-state index contributed by atoms with van der Waals surface area (Å²) in [5, 5.41) is 18.8. The lowest BCUT2D eigenvalue weighted by molar-refractivity contribution is 0.137. The Bertz CT molecular complexity index is 1000. The van der Waals surface area contributed by atoms with Crippen molar-refractivity contribution < 1.29 is 4.74 Å². The van der Waals surface area contributed by atoms with Crippen LogP contribution < -0.4 is 16.0 Å². The number of pyridine rings is 1. The van der Waals surface area contributed by atoms with E-state index in [1.165, 1.54) is 0 Å². The number of nitrogens with two attached hydrogens (primary N) is 1. The fourth-order valence-corrected chi connectivity index (χ4v) is 3.17. The number of aromatic nitrogens is 1. The molecule has 6 nitrogen and oxygen atoms in total. The minimum Gasteiger partial charge on any atom is -0.487 e. The fourth-order valence-electron chi connectivity index (χ4n) is 3.17. The van der Waals surface area contributed by atoms with E-state index in [2.05, 4.69) is 4.98 Å². The van der Waals surface area contributed by atoms with Crippen molar-refractivity contribution in [2.45, 2.75) is 32.8 Å². The summed E-state index contributed by atoms with van der Waals surface area (Å²) in [6.07, 6.45) is 0.708. The van der Waals surface area contributed by atoms with Crippen LogP contribution in [0, 0.1) is 29.6 Å². The van der Waals surface area contributed by atoms with E-state index in [4.69, 9.17) is 10.5 Å². The molecule has 120 valence electrons. The molecule has 0 saturated heterocycles. The van der Waals surface area contributed by atoms with Crippen LogP contribution in [0.5, 0.6) is 5.75 Å². The lowest BCUT2D eigenvalue weighted by Crippen LogP contribution is -2.24. The van der Waals surface area contributed by atoms with Gasteiger partial charge in [0.2, 0.25) is 0 Å². The topological polar surface area (TPSA) is 116 Å². The Morgan fingerprint density at radius 3 is 2.54 bits per heavy atom. The minimum atomic E-state index is -0.598. The van der Waals surface area contributed by atoms with Gasteiger partial charge in [-0.15, -0.1) is 0 Å². The molecule has 0 bridgehead atoms. The minimum absolute atomic E-state index is 0.0359. The van der Waals surface area contributed by atoms with E-state index in [1.807, 2.05) is 45.0 Å². The van der Waals surface area contributed by atoms with Gasteiger partial charge < -0.3 is 15.5 Å². The molecule has 1 aromatic heterocycles. The first kappa shape index (κ1) is 15.6. The molecule has 1 aliphatic heterocycles. The van der Waals surface area contributed by atoms with E-state index in [9.17, 15) is 15.3 Å². The number of hydrogen-bond acceptors (Lipinski definition) is 5. The van der Waals surface area contributed by atoms with Gasteiger partial charge in [0.05, 0.1) is 0 Å². The maximum absolute atomic E-state index is 12.1. The van der Waals surface area contributed by atoms with Crippen LogP contribution in [0.4, 0.5) is 5.82 Å². The number of fused-ring (bicyclic) bond motifs is 1. The van der Waals surface area contributed by atoms with Crippen molar-refractivity contribution in [2.24, 2.45) is 0 Å². The lowest BCUT2D eigenvalue weighted by atomic mass is 9.92. The first-order chi connectivity index (χ1) is 11.3. The van der Waals surface area contributed by atoms with Gasteiger partial charge in [-0.3, -0.25) is 4.79 Å². The van der Waals surface area contributed by atoms with Crippen molar-refractivity contribution in [1.82, 2.24) is 4.98 Å². The number of nitrogen functional groups attached to an aromatic ring is 1. The third-order valence-electron chi connectivity index (χ3n) is 4.10. The molecule has 0 radical (unpaired) electrons. The smallest absolute Gasteiger partial charge is 0.268 e. The third kappa shape index (κ3) is 2.29. The number of nitrogens with one attached hydrogen (secondary N) is 1. The summed E-state index contributed by atoms with van der Waals surface area (Å²) in [5.41, 5.74) is 7.63. The average Bonchev–Trinajstić information content (AvgIpc) is 2.81. The largest absolute Gasteiger partial charge is 0.487 e. The molecule has 0 fully saturated rings. The maximum Gasteiger partial charge on any atom is 0.268 e. The highest BCUT2D eigenvalue weighted by Crippen LogP contribution is 2.41. The summed E-state index contributed by atoms with van der Waals surface area (Å²) >= 11 is 0. The van der Waals surface area contributed by atoms with Crippen molar-refractivity contribution in [3.05, 3.63) is 44.7 Å². The molecule has 3 rings (SSSR count). The second-order valence-electron chi connectivity index (χ2n) is 6.54. The molecule has 1 aromatic carbocycles. The molecule has 0 unspecified atom stereocenters. The van der Waals surface area contributed by atoms with E-state index in [1.54, 1.807) is 0 Å². The zero-order valence-corrected chi connectivity index (χ0v) is 13.7. The van der Waals surface area contributed by atoms with E-state index in [-0.39, 0.29) is 28.1 Å². The van der Waals surface area contributed by atoms with Gasteiger partial charge in [0.1, 0.15) is 40.4 Å². The van der Waals surface area contributed by atoms with E-state index in [0.717, 1.165) is 16.9 Å². The highest BCUT2D eigenvalue weighted by Gasteiger charge is 2.32. The van der Waals surface area contributed by atoms with Crippen LogP contribution in [-0.4, -0.2) is 10.6 Å². The van der Waals surface area contributed by atoms with Crippen LogP contribution >= 0.6 is 0 Å². The standard InChI is InChI=1S/C18H16N4O2/c1-9-4-10(5-11-6-18(2,3)24-15(9)11)14-12(7-19)16(21)22-17(23)13(14)8-20/h4-5H,6H2,1-3H3,(H3,21,22,23). The van der Waals surface area contributed by atoms with Crippen LogP contribution in [0.25, 0.3) is 11.1 Å². The molecule has 3 N–H and O–H groups in total. The van der Waals surface area contributed by atoms with Crippen molar-refractivity contribution >= 4 is 5.82 Å². The van der Waals surface area contributed by atoms with Crippen LogP contribution in [0.15, 0.2) is 16.9 Å². The Kier molecular flexibility index (Phi) is 3.35. The number of anilines is 1. The molecule has 2 heterocycles. The highest BCUT2D eigenvalue weighted by molar-refractivity contribution is 5.81. The van der Waals surface area contributed by atoms with E-state index >= 15 is 0 Å². The van der Waals surface area contributed by atoms with Gasteiger partial charge in [0.15, 0.2) is 0 Å². The molecule has 0 aliphatic carbocycles. The Morgan fingerprint density at radius 1 is 1.25 bits per heavy atom. The monoisotopic (exact) mass is 320 g/mol. The van der Waals surface area contributed by atoms with Crippen molar-refractivity contribution in [3.63, 3.8) is 0 Å². The second-order valence-corrected chi connectivity index (χ2v) is 6.54. The molecule has 24 heavy (non-hydrogen) atoms. The van der Waals surface area contributed by atoms with Gasteiger partial charge in [-0.25, -0.2) is 0 Å². The molecule has 2 aromatic rings. The van der Waals surface area contributed by atoms with E-state index < -0.39 is 5.56 Å². The number of H-pyrrole nitrogens is 1. The zero-order chi connectivity index (χ0) is 17.6. The summed E-state index contributed by atoms with van der Waals surface area (Å²) in [4.78, 5) is 14.4. The first-order valence-corrected chi connectivity index (χ1v) is 7.46. The van der Waals surface area contributed by atoms with Gasteiger partial charge in [-0.2, -0.15) is 10.5 Å². The quantitative estimate of drug-likeness (QED) is 0.837. The maximum atomic E-state index is 12.1. The SMILES string of the molecule is Cc1cc(-c2c(C#N)c(N)[nH]c(=O)c2C#N)cc2c1OC(C)(C)C2. The van der Waals surface area contributed by atoms with Gasteiger partial charge in [-0.05, 0) is 49.6 Å². The number of aryl methyl sites for hydroxylation is 1. The van der Waals surface area contributed by atoms with Gasteiger partial charge in [0, 0.05) is 12.0 Å².